The summed E-state index contributed by atoms with van der Waals surface area (Å²) in [5, 5.41) is 11.9. The molecule has 0 saturated carbocycles. The molecular weight excluding hydrogens is 226 g/mol. The van der Waals surface area contributed by atoms with E-state index in [2.05, 4.69) is 5.32 Å². The Kier molecular flexibility index (Phi) is 7.80. The third-order valence-electron chi connectivity index (χ3n) is 2.65. The zero-order chi connectivity index (χ0) is 12.6. The molecule has 0 aliphatic rings. The molecule has 0 bridgehead atoms. The Hall–Kier alpha value is -0.260. The predicted octanol–water partition coefficient (Wildman–Crippen LogP) is 0.889. The van der Waals surface area contributed by atoms with E-state index >= 15 is 0 Å². The molecular formula is C11H23NO3S. The Labute approximate surface area is 102 Å². The van der Waals surface area contributed by atoms with Crippen molar-refractivity contribution in [1.82, 2.24) is 5.32 Å². The van der Waals surface area contributed by atoms with Crippen molar-refractivity contribution in [2.24, 2.45) is 5.92 Å². The number of carbonyl (C=O) groups excluding carboxylic acids is 1. The Balaban J connectivity index is 3.92. The Bertz CT molecular complexity index is 213. The summed E-state index contributed by atoms with van der Waals surface area (Å²) in [5.41, 5.74) is -0.607. The van der Waals surface area contributed by atoms with Gasteiger partial charge in [-0.3, -0.25) is 4.79 Å². The molecule has 0 radical (unpaired) electrons. The number of rotatable bonds is 8. The Morgan fingerprint density at radius 3 is 2.69 bits per heavy atom. The van der Waals surface area contributed by atoms with Crippen molar-refractivity contribution >= 4 is 17.7 Å². The van der Waals surface area contributed by atoms with Crippen molar-refractivity contribution < 1.29 is 14.6 Å². The molecule has 2 unspecified atom stereocenters. The smallest absolute Gasteiger partial charge is 0.325 e. The lowest BCUT2D eigenvalue weighted by atomic mass is 10.00. The van der Waals surface area contributed by atoms with Crippen LogP contribution in [0.4, 0.5) is 0 Å². The molecule has 0 spiro atoms. The number of hydrogen-bond acceptors (Lipinski definition) is 5. The van der Waals surface area contributed by atoms with Crippen LogP contribution in [0, 0.1) is 5.92 Å². The number of ether oxygens (including phenoxy) is 1. The topological polar surface area (TPSA) is 58.6 Å². The summed E-state index contributed by atoms with van der Waals surface area (Å²) in [5.74, 6) is 1.86. The summed E-state index contributed by atoms with van der Waals surface area (Å²) in [7, 11) is 3.16. The van der Waals surface area contributed by atoms with Gasteiger partial charge in [-0.1, -0.05) is 6.92 Å². The van der Waals surface area contributed by atoms with Gasteiger partial charge in [0.2, 0.25) is 0 Å². The van der Waals surface area contributed by atoms with Crippen molar-refractivity contribution in [1.29, 1.82) is 0 Å². The maximum absolute atomic E-state index is 11.5. The second kappa shape index (κ2) is 7.92. The first-order valence-electron chi connectivity index (χ1n) is 5.46. The fraction of sp³-hybridized carbons (Fsp3) is 0.909. The minimum atomic E-state index is -0.607. The van der Waals surface area contributed by atoms with E-state index in [9.17, 15) is 4.79 Å². The summed E-state index contributed by atoms with van der Waals surface area (Å²) in [6.07, 6.45) is 0.721. The maximum Gasteiger partial charge on any atom is 0.325 e. The van der Waals surface area contributed by atoms with Gasteiger partial charge in [-0.05, 0) is 37.8 Å². The molecule has 4 nitrogen and oxygen atoms in total. The van der Waals surface area contributed by atoms with Gasteiger partial charge in [-0.15, -0.1) is 0 Å². The van der Waals surface area contributed by atoms with E-state index in [1.54, 1.807) is 18.8 Å². The van der Waals surface area contributed by atoms with Gasteiger partial charge in [-0.25, -0.2) is 0 Å². The molecule has 0 aliphatic heterocycles. The van der Waals surface area contributed by atoms with Crippen LogP contribution in [0.3, 0.4) is 0 Å². The van der Waals surface area contributed by atoms with E-state index in [0.29, 0.717) is 5.92 Å². The predicted molar refractivity (Wildman–Crippen MR) is 67.7 cm³/mol. The Morgan fingerprint density at radius 1 is 1.62 bits per heavy atom. The molecule has 0 fully saturated rings. The zero-order valence-electron chi connectivity index (χ0n) is 10.6. The quantitative estimate of drug-likeness (QED) is 0.494. The summed E-state index contributed by atoms with van der Waals surface area (Å²) < 4.78 is 4.75. The van der Waals surface area contributed by atoms with Crippen molar-refractivity contribution in [3.8, 4) is 0 Å². The number of carbonyl (C=O) groups is 1. The second-order valence-electron chi connectivity index (χ2n) is 4.19. The molecule has 2 atom stereocenters. The van der Waals surface area contributed by atoms with E-state index in [1.807, 2.05) is 13.8 Å². The highest BCUT2D eigenvalue weighted by atomic mass is 32.2. The first-order chi connectivity index (χ1) is 7.50. The molecule has 0 aromatic carbocycles. The van der Waals surface area contributed by atoms with E-state index in [-0.39, 0.29) is 12.6 Å². The summed E-state index contributed by atoms with van der Waals surface area (Å²) in [6.45, 7) is 4.06. The number of esters is 1. The lowest BCUT2D eigenvalue weighted by molar-refractivity contribution is -0.147. The molecule has 0 aromatic heterocycles. The molecule has 96 valence electrons. The van der Waals surface area contributed by atoms with Crippen molar-refractivity contribution in [3.63, 3.8) is 0 Å². The Morgan fingerprint density at radius 2 is 2.25 bits per heavy atom. The number of methoxy groups -OCH3 is 1. The first-order valence-corrected chi connectivity index (χ1v) is 6.61. The molecule has 0 saturated heterocycles. The number of likely N-dealkylation sites (N-methyl/N-ethyl adjacent to an activating group) is 1. The van der Waals surface area contributed by atoms with Crippen LogP contribution in [-0.4, -0.2) is 48.9 Å². The molecule has 0 aliphatic carbocycles. The highest BCUT2D eigenvalue weighted by molar-refractivity contribution is 7.99. The van der Waals surface area contributed by atoms with Crippen LogP contribution in [-0.2, 0) is 9.53 Å². The molecule has 0 rings (SSSR count). The molecule has 0 amide bonds. The van der Waals surface area contributed by atoms with E-state index < -0.39 is 5.54 Å². The molecule has 5 heteroatoms. The standard InChI is InChI=1S/C11H23NO3S/c1-9(7-13)8-16-6-5-11(2,12-3)10(14)15-4/h9,12-13H,5-8H2,1-4H3. The van der Waals surface area contributed by atoms with Crippen LogP contribution < -0.4 is 5.32 Å². The third-order valence-corrected chi connectivity index (χ3v) is 3.95. The normalized spacial score (nSPS) is 16.6. The average Bonchev–Trinajstić information content (AvgIpc) is 2.32. The summed E-state index contributed by atoms with van der Waals surface area (Å²) in [4.78, 5) is 11.5. The van der Waals surface area contributed by atoms with Crippen LogP contribution in [0.15, 0.2) is 0 Å². The first kappa shape index (κ1) is 15.7. The van der Waals surface area contributed by atoms with Crippen LogP contribution in [0.2, 0.25) is 0 Å². The van der Waals surface area contributed by atoms with E-state index in [4.69, 9.17) is 9.84 Å². The van der Waals surface area contributed by atoms with Gasteiger partial charge >= 0.3 is 5.97 Å². The fourth-order valence-electron chi connectivity index (χ4n) is 1.17. The lowest BCUT2D eigenvalue weighted by Gasteiger charge is -2.25. The SMILES string of the molecule is CNC(C)(CCSCC(C)CO)C(=O)OC. The summed E-state index contributed by atoms with van der Waals surface area (Å²) >= 11 is 1.75. The largest absolute Gasteiger partial charge is 0.468 e. The molecule has 0 aromatic rings. The number of aliphatic hydroxyl groups excluding tert-OH is 1. The van der Waals surface area contributed by atoms with Crippen LogP contribution >= 0.6 is 11.8 Å². The van der Waals surface area contributed by atoms with E-state index in [1.165, 1.54) is 7.11 Å². The van der Waals surface area contributed by atoms with Crippen molar-refractivity contribution in [2.45, 2.75) is 25.8 Å². The number of hydrogen-bond donors (Lipinski definition) is 2. The van der Waals surface area contributed by atoms with E-state index in [0.717, 1.165) is 17.9 Å². The zero-order valence-corrected chi connectivity index (χ0v) is 11.4. The van der Waals surface area contributed by atoms with Crippen LogP contribution in [0.5, 0.6) is 0 Å². The fourth-order valence-corrected chi connectivity index (χ4v) is 2.39. The molecule has 0 heterocycles. The second-order valence-corrected chi connectivity index (χ2v) is 5.34. The number of aliphatic hydroxyl groups is 1. The minimum Gasteiger partial charge on any atom is -0.468 e. The van der Waals surface area contributed by atoms with Gasteiger partial charge in [0.05, 0.1) is 7.11 Å². The third kappa shape index (κ3) is 5.18. The highest BCUT2D eigenvalue weighted by Crippen LogP contribution is 2.17. The number of nitrogens with one attached hydrogen (secondary N) is 1. The van der Waals surface area contributed by atoms with Gasteiger partial charge < -0.3 is 15.2 Å². The summed E-state index contributed by atoms with van der Waals surface area (Å²) in [6, 6.07) is 0. The molecule has 16 heavy (non-hydrogen) atoms. The highest BCUT2D eigenvalue weighted by Gasteiger charge is 2.31. The number of thioether (sulfide) groups is 1. The monoisotopic (exact) mass is 249 g/mol. The minimum absolute atomic E-state index is 0.216. The van der Waals surface area contributed by atoms with Gasteiger partial charge in [0.15, 0.2) is 0 Å². The van der Waals surface area contributed by atoms with Crippen LogP contribution in [0.25, 0.3) is 0 Å². The van der Waals surface area contributed by atoms with Crippen molar-refractivity contribution in [3.05, 3.63) is 0 Å². The van der Waals surface area contributed by atoms with Crippen molar-refractivity contribution in [2.75, 3.05) is 32.3 Å². The lowest BCUT2D eigenvalue weighted by Crippen LogP contribution is -2.48. The van der Waals surface area contributed by atoms with Gasteiger partial charge in [0, 0.05) is 6.61 Å². The van der Waals surface area contributed by atoms with Gasteiger partial charge in [0.25, 0.3) is 0 Å². The maximum atomic E-state index is 11.5. The molecule has 2 N–H and O–H groups in total. The van der Waals surface area contributed by atoms with Gasteiger partial charge in [0.1, 0.15) is 5.54 Å². The average molecular weight is 249 g/mol. The van der Waals surface area contributed by atoms with Gasteiger partial charge in [-0.2, -0.15) is 11.8 Å². The van der Waals surface area contributed by atoms with Crippen LogP contribution in [0.1, 0.15) is 20.3 Å².